The van der Waals surface area contributed by atoms with Gasteiger partial charge in [-0.15, -0.1) is 0 Å². The summed E-state index contributed by atoms with van der Waals surface area (Å²) in [6, 6.07) is 141. The minimum Gasteiger partial charge on any atom is -0.454 e. The number of anilines is 12. The fourth-order valence-corrected chi connectivity index (χ4v) is 36.5. The predicted molar refractivity (Wildman–Crippen MR) is 556 cm³/mol. The van der Waals surface area contributed by atoms with Crippen LogP contribution < -0.4 is 40.3 Å². The van der Waals surface area contributed by atoms with Crippen LogP contribution in [-0.4, -0.2) is 32.3 Å². The highest BCUT2D eigenvalue weighted by molar-refractivity contribution is 6.99. The van der Waals surface area contributed by atoms with Crippen molar-refractivity contribution in [3.63, 3.8) is 0 Å². The van der Waals surface area contributed by atoms with E-state index in [1.807, 2.05) is 0 Å². The Morgan fingerprint density at radius 2 is 0.422 bits per heavy atom. The second-order valence-electron chi connectivity index (χ2n) is 38.3. The molecule has 0 atom stereocenters. The molecule has 0 unspecified atom stereocenters. The van der Waals surface area contributed by atoms with Crippen molar-refractivity contribution in [2.24, 2.45) is 0 Å². The molecule has 4 aromatic heterocycles. The number of nitrogens with zero attached hydrogens (tertiary/aromatic N) is 4. The summed E-state index contributed by atoms with van der Waals surface area (Å²) in [5.74, 6) is 0. The Kier molecular flexibility index (Phi) is 17.0. The van der Waals surface area contributed by atoms with Crippen molar-refractivity contribution >= 4 is 274 Å². The SMILES string of the molecule is C[Si](C)(C)c1ccc(N(c2ccc3ccc4c(N(c5ccc([Si]6(C)CC[Si](C)(c7ccc(N(c8ccc9ccc%10c(N(c%11ccc([Si](C)(C)C)cc%11)c%11cccc%12c%11oc%11ccccc%11%12)ccc%11ccc8c9c%11%10)c8cccc9c8oc8ccccc89)cc7)CC6)cc5)c5cccc6c5oc5ccccc56)ccc5ccc2c3c54)c2cccc3c2oc2ccccc23)cc1. The number of hydrogen-bond acceptors (Lipinski definition) is 8. The molecule has 0 N–H and O–H groups in total. The molecule has 1 saturated heterocycles. The van der Waals surface area contributed by atoms with Gasteiger partial charge in [0.15, 0.2) is 22.3 Å². The summed E-state index contributed by atoms with van der Waals surface area (Å²) in [4.78, 5) is 9.86. The molecular formula is C116H92N4O4Si4. The topological polar surface area (TPSA) is 65.5 Å². The first kappa shape index (κ1) is 76.2. The first-order valence-corrected chi connectivity index (χ1v) is 57.9. The lowest BCUT2D eigenvalue weighted by atomic mass is 9.91. The average Bonchev–Trinajstić information content (AvgIpc) is 0.853. The number of fused-ring (bicyclic) bond motifs is 12. The van der Waals surface area contributed by atoms with Crippen LogP contribution in [-0.2, 0) is 0 Å². The van der Waals surface area contributed by atoms with Gasteiger partial charge in [-0.1, -0.05) is 340 Å². The second-order valence-corrected chi connectivity index (χ2v) is 57.9. The van der Waals surface area contributed by atoms with Gasteiger partial charge in [0.25, 0.3) is 0 Å². The monoisotopic (exact) mass is 1720 g/mol. The summed E-state index contributed by atoms with van der Waals surface area (Å²) in [5, 5.41) is 29.0. The molecule has 12 heteroatoms. The summed E-state index contributed by atoms with van der Waals surface area (Å²) >= 11 is 0. The smallest absolute Gasteiger partial charge is 0.159 e. The summed E-state index contributed by atoms with van der Waals surface area (Å²) in [6.45, 7) is 19.9. The molecule has 0 saturated carbocycles. The third-order valence-electron chi connectivity index (χ3n) is 28.8. The van der Waals surface area contributed by atoms with E-state index in [0.717, 1.165) is 156 Å². The van der Waals surface area contributed by atoms with Gasteiger partial charge in [0.1, 0.15) is 22.3 Å². The molecule has 0 spiro atoms. The van der Waals surface area contributed by atoms with Crippen LogP contribution in [0.2, 0.25) is 76.6 Å². The Hall–Kier alpha value is -14.3. The number of rotatable bonds is 16. The van der Waals surface area contributed by atoms with Gasteiger partial charge in [0.2, 0.25) is 0 Å². The lowest BCUT2D eigenvalue weighted by molar-refractivity contribution is 0.669. The number of benzene rings is 20. The van der Waals surface area contributed by atoms with E-state index in [9.17, 15) is 0 Å². The van der Waals surface area contributed by atoms with E-state index in [2.05, 4.69) is 436 Å². The number of para-hydroxylation sites is 8. The molecule has 0 bridgehead atoms. The molecule has 616 valence electrons. The molecule has 0 radical (unpaired) electrons. The highest BCUT2D eigenvalue weighted by Crippen LogP contribution is 2.55. The average molecular weight is 1720 g/mol. The van der Waals surface area contributed by atoms with Gasteiger partial charge in [-0.2, -0.15) is 0 Å². The van der Waals surface area contributed by atoms with Gasteiger partial charge in [-0.05, 0) is 164 Å². The minimum absolute atomic E-state index is 0.863. The van der Waals surface area contributed by atoms with E-state index in [1.165, 1.54) is 110 Å². The van der Waals surface area contributed by atoms with Gasteiger partial charge in [-0.25, -0.2) is 0 Å². The molecule has 8 nitrogen and oxygen atoms in total. The van der Waals surface area contributed by atoms with Crippen LogP contribution in [0.5, 0.6) is 0 Å². The summed E-state index contributed by atoms with van der Waals surface area (Å²) in [5.41, 5.74) is 19.7. The molecule has 1 aliphatic heterocycles. The number of hydrogen-bond donors (Lipinski definition) is 0. The molecule has 0 aliphatic carbocycles. The molecule has 0 amide bonds. The van der Waals surface area contributed by atoms with Crippen molar-refractivity contribution in [1.29, 1.82) is 0 Å². The van der Waals surface area contributed by atoms with Crippen molar-refractivity contribution in [2.45, 2.75) is 76.6 Å². The van der Waals surface area contributed by atoms with Crippen LogP contribution in [0.1, 0.15) is 0 Å². The van der Waals surface area contributed by atoms with E-state index in [4.69, 9.17) is 17.7 Å². The third kappa shape index (κ3) is 11.9. The fraction of sp³-hybridized carbons (Fsp3) is 0.103. The zero-order valence-electron chi connectivity index (χ0n) is 72.9. The van der Waals surface area contributed by atoms with Gasteiger partial charge in [0, 0.05) is 87.4 Å². The lowest BCUT2D eigenvalue weighted by Gasteiger charge is -2.42. The summed E-state index contributed by atoms with van der Waals surface area (Å²) < 4.78 is 27.9. The molecule has 1 fully saturated rings. The maximum Gasteiger partial charge on any atom is 0.159 e. The Labute approximate surface area is 746 Å². The minimum atomic E-state index is -2.02. The van der Waals surface area contributed by atoms with Crippen LogP contribution in [0, 0.1) is 0 Å². The van der Waals surface area contributed by atoms with Crippen molar-refractivity contribution < 1.29 is 17.7 Å². The van der Waals surface area contributed by atoms with E-state index in [1.54, 1.807) is 0 Å². The van der Waals surface area contributed by atoms with Gasteiger partial charge >= 0.3 is 0 Å². The molecule has 20 aromatic carbocycles. The largest absolute Gasteiger partial charge is 0.454 e. The highest BCUT2D eigenvalue weighted by atomic mass is 28.3. The zero-order chi connectivity index (χ0) is 85.8. The van der Waals surface area contributed by atoms with Crippen molar-refractivity contribution in [3.8, 4) is 0 Å². The van der Waals surface area contributed by atoms with Gasteiger partial charge in [0.05, 0.1) is 77.8 Å². The summed E-state index contributed by atoms with van der Waals surface area (Å²) in [6.07, 6.45) is 0. The zero-order valence-corrected chi connectivity index (χ0v) is 76.9. The molecule has 1 aliphatic rings. The molecule has 25 rings (SSSR count). The van der Waals surface area contributed by atoms with Crippen molar-refractivity contribution in [1.82, 2.24) is 0 Å². The maximum atomic E-state index is 7.05. The first-order valence-electron chi connectivity index (χ1n) is 45.1. The third-order valence-corrected chi connectivity index (χ3v) is 42.8. The van der Waals surface area contributed by atoms with E-state index < -0.39 is 32.3 Å². The lowest BCUT2D eigenvalue weighted by Crippen LogP contribution is -2.56. The van der Waals surface area contributed by atoms with Crippen molar-refractivity contribution in [3.05, 3.63) is 364 Å². The van der Waals surface area contributed by atoms with Gasteiger partial charge in [-0.3, -0.25) is 0 Å². The molecule has 24 aromatic rings. The second kappa shape index (κ2) is 28.6. The normalized spacial score (nSPS) is 15.4. The Morgan fingerprint density at radius 3 is 0.664 bits per heavy atom. The fourth-order valence-electron chi connectivity index (χ4n) is 21.8. The maximum absolute atomic E-state index is 7.05. The van der Waals surface area contributed by atoms with Crippen LogP contribution in [0.4, 0.5) is 68.2 Å². The van der Waals surface area contributed by atoms with Gasteiger partial charge < -0.3 is 37.3 Å². The highest BCUT2D eigenvalue weighted by Gasteiger charge is 2.43. The Morgan fingerprint density at radius 1 is 0.203 bits per heavy atom. The van der Waals surface area contributed by atoms with Crippen LogP contribution >= 0.6 is 0 Å². The quantitative estimate of drug-likeness (QED) is 0.0700. The molecule has 128 heavy (non-hydrogen) atoms. The Balaban J connectivity index is 0.571. The van der Waals surface area contributed by atoms with Crippen LogP contribution in [0.15, 0.2) is 382 Å². The van der Waals surface area contributed by atoms with E-state index in [-0.39, 0.29) is 0 Å². The van der Waals surface area contributed by atoms with Crippen LogP contribution in [0.3, 0.4) is 0 Å². The van der Waals surface area contributed by atoms with E-state index in [0.29, 0.717) is 0 Å². The summed E-state index contributed by atoms with van der Waals surface area (Å²) in [7, 11) is -7.30. The van der Waals surface area contributed by atoms with Crippen molar-refractivity contribution in [2.75, 3.05) is 19.6 Å². The predicted octanol–water partition coefficient (Wildman–Crippen LogP) is 32.3. The molecular weight excluding hydrogens is 1630 g/mol. The Bertz CT molecular complexity index is 8100. The first-order chi connectivity index (χ1) is 62.4. The van der Waals surface area contributed by atoms with Crippen LogP contribution in [0.25, 0.3) is 152 Å². The standard InChI is InChI=1S/C116H92N4O4Si4/c1-125(2,3)81-53-45-77(46-54-81)117(101-29-17-25-89-85-21-9-13-33-105(85)121-113(89)101)97-65-41-73-39-63-95-99(67-43-75-37-61-93(97)109(73)111(75)95)119(103-31-19-27-91-87-23-11-15-35-107(87)123-115(91)103)79-49-57-83(58-50-79)127(7)69-71-128(8,72-70-127)84-59-51-80(52-60-84)120(104-32-20-28-92-88-24-12-16-36-108(88)124-116(92)104)100-68-44-76-38-62-94-98(66-42-74-40-64-96(100)112(76)110(74)94)118(78-47-55-82(56-48-78)126(4,5)6)102-30-18-26-90-86-22-10-14-34-106(86)122-114(90)102/h9-68H,69-72H2,1-8H3. The number of furan rings is 4. The molecule has 5 heterocycles. The van der Waals surface area contributed by atoms with E-state index >= 15 is 0 Å².